The number of amides is 1. The van der Waals surface area contributed by atoms with E-state index in [0.29, 0.717) is 18.1 Å². The fourth-order valence-corrected chi connectivity index (χ4v) is 3.00. The molecule has 3 heterocycles. The molecule has 2 N–H and O–H groups in total. The zero-order chi connectivity index (χ0) is 17.1. The molecule has 0 saturated carbocycles. The second-order valence-electron chi connectivity index (χ2n) is 5.40. The number of carbonyl (C=O) groups excluding carboxylic acids is 1. The maximum atomic E-state index is 12.4. The van der Waals surface area contributed by atoms with Gasteiger partial charge in [0.05, 0.1) is 17.7 Å². The zero-order valence-corrected chi connectivity index (χ0v) is 17.0. The van der Waals surface area contributed by atoms with Crippen LogP contribution in [0.3, 0.4) is 0 Å². The summed E-state index contributed by atoms with van der Waals surface area (Å²) in [6.45, 7) is 2.27. The van der Waals surface area contributed by atoms with Gasteiger partial charge in [0.25, 0.3) is 0 Å². The third kappa shape index (κ3) is 5.07. The van der Waals surface area contributed by atoms with E-state index in [1.807, 2.05) is 37.7 Å². The molecular weight excluding hydrogens is 397 g/mol. The van der Waals surface area contributed by atoms with Gasteiger partial charge in [-0.05, 0) is 26.1 Å². The average molecular weight is 418 g/mol. The van der Waals surface area contributed by atoms with E-state index < -0.39 is 6.04 Å². The van der Waals surface area contributed by atoms with E-state index in [2.05, 4.69) is 20.7 Å². The minimum atomic E-state index is -0.450. The first-order valence-electron chi connectivity index (χ1n) is 7.51. The molecule has 1 amide bonds. The van der Waals surface area contributed by atoms with Crippen LogP contribution < -0.4 is 10.6 Å². The number of hydrogen-bond acceptors (Lipinski definition) is 6. The number of rotatable bonds is 6. The molecule has 0 aliphatic heterocycles. The number of thiazole rings is 1. The van der Waals surface area contributed by atoms with Crippen molar-refractivity contribution in [3.63, 3.8) is 0 Å². The van der Waals surface area contributed by atoms with Crippen LogP contribution in [0, 0.1) is 6.92 Å². The van der Waals surface area contributed by atoms with Crippen molar-refractivity contribution in [3.8, 4) is 11.5 Å². The van der Waals surface area contributed by atoms with Gasteiger partial charge in [-0.25, -0.2) is 4.98 Å². The zero-order valence-electron chi connectivity index (χ0n) is 14.6. The Balaban J connectivity index is 0.00000169. The predicted molar refractivity (Wildman–Crippen MR) is 106 cm³/mol. The Morgan fingerprint density at radius 1 is 1.38 bits per heavy atom. The Morgan fingerprint density at radius 2 is 2.15 bits per heavy atom. The van der Waals surface area contributed by atoms with Crippen LogP contribution in [0.5, 0.6) is 0 Å². The molecule has 0 aliphatic carbocycles. The molecule has 0 radical (unpaired) electrons. The van der Waals surface area contributed by atoms with Crippen molar-refractivity contribution in [1.82, 2.24) is 25.4 Å². The highest BCUT2D eigenvalue weighted by Crippen LogP contribution is 2.23. The monoisotopic (exact) mass is 417 g/mol. The molecule has 3 rings (SSSR count). The lowest BCUT2D eigenvalue weighted by molar-refractivity contribution is -0.123. The smallest absolute Gasteiger partial charge is 0.242 e. The van der Waals surface area contributed by atoms with Gasteiger partial charge in [-0.3, -0.25) is 9.48 Å². The minimum absolute atomic E-state index is 0. The van der Waals surface area contributed by atoms with E-state index in [9.17, 15) is 4.79 Å². The Hall–Kier alpha value is -1.87. The molecule has 142 valence electrons. The summed E-state index contributed by atoms with van der Waals surface area (Å²) in [6, 6.07) is 3.27. The molecule has 0 fully saturated rings. The van der Waals surface area contributed by atoms with E-state index in [1.54, 1.807) is 29.3 Å². The first-order valence-corrected chi connectivity index (χ1v) is 8.39. The van der Waals surface area contributed by atoms with Crippen LogP contribution in [0.1, 0.15) is 22.4 Å². The quantitative estimate of drug-likeness (QED) is 0.643. The predicted octanol–water partition coefficient (Wildman–Crippen LogP) is 2.87. The number of nitrogens with one attached hydrogen (secondary N) is 2. The lowest BCUT2D eigenvalue weighted by Crippen LogP contribution is -2.35. The topological polar surface area (TPSA) is 85.0 Å². The van der Waals surface area contributed by atoms with Crippen LogP contribution in [0.15, 0.2) is 34.3 Å². The van der Waals surface area contributed by atoms with E-state index in [0.717, 1.165) is 16.3 Å². The van der Waals surface area contributed by atoms with Gasteiger partial charge in [0.1, 0.15) is 17.5 Å². The van der Waals surface area contributed by atoms with Crippen LogP contribution in [0.25, 0.3) is 11.5 Å². The molecule has 0 aliphatic rings. The van der Waals surface area contributed by atoms with Crippen molar-refractivity contribution in [3.05, 3.63) is 46.2 Å². The molecule has 0 saturated heterocycles. The maximum absolute atomic E-state index is 12.4. The van der Waals surface area contributed by atoms with Crippen molar-refractivity contribution in [2.75, 3.05) is 7.05 Å². The molecule has 3 aromatic heterocycles. The van der Waals surface area contributed by atoms with Gasteiger partial charge in [0.15, 0.2) is 5.76 Å². The van der Waals surface area contributed by atoms with Gasteiger partial charge in [-0.15, -0.1) is 36.2 Å². The largest absolute Gasteiger partial charge is 0.458 e. The molecule has 10 heteroatoms. The van der Waals surface area contributed by atoms with Crippen LogP contribution in [-0.2, 0) is 18.4 Å². The summed E-state index contributed by atoms with van der Waals surface area (Å²) in [6.07, 6.45) is 3.49. The third-order valence-corrected chi connectivity index (χ3v) is 4.35. The Labute approximate surface area is 168 Å². The van der Waals surface area contributed by atoms with Crippen LogP contribution in [-0.4, -0.2) is 27.7 Å². The fraction of sp³-hybridized carbons (Fsp3) is 0.312. The standard InChI is InChI=1S/C16H19N5O2S.2ClH/c1-10-20-13(9-24-10)14-5-4-12(23-14)7-18-16(22)15(17-2)11-6-19-21(3)8-11;;/h4-6,8-9,15,17H,7H2,1-3H3,(H,18,22);2*1H. The maximum Gasteiger partial charge on any atom is 0.242 e. The number of halogens is 2. The van der Waals surface area contributed by atoms with Gasteiger partial charge in [-0.2, -0.15) is 5.10 Å². The van der Waals surface area contributed by atoms with Gasteiger partial charge in [-0.1, -0.05) is 0 Å². The second kappa shape index (κ2) is 9.72. The van der Waals surface area contributed by atoms with Gasteiger partial charge < -0.3 is 15.1 Å². The summed E-state index contributed by atoms with van der Waals surface area (Å²) in [5.41, 5.74) is 1.63. The molecule has 1 atom stereocenters. The molecular formula is C16H21Cl2N5O2S. The van der Waals surface area contributed by atoms with Crippen LogP contribution >= 0.6 is 36.2 Å². The number of hydrogen-bond donors (Lipinski definition) is 2. The van der Waals surface area contributed by atoms with Crippen molar-refractivity contribution < 1.29 is 9.21 Å². The highest BCUT2D eigenvalue weighted by Gasteiger charge is 2.20. The minimum Gasteiger partial charge on any atom is -0.458 e. The molecule has 0 bridgehead atoms. The summed E-state index contributed by atoms with van der Waals surface area (Å²) in [5.74, 6) is 1.26. The Bertz CT molecular complexity index is 845. The van der Waals surface area contributed by atoms with E-state index in [1.165, 1.54) is 0 Å². The number of carbonyl (C=O) groups is 1. The van der Waals surface area contributed by atoms with Gasteiger partial charge in [0.2, 0.25) is 5.91 Å². The number of aryl methyl sites for hydroxylation is 2. The third-order valence-electron chi connectivity index (χ3n) is 3.58. The highest BCUT2D eigenvalue weighted by atomic mass is 35.5. The Morgan fingerprint density at radius 3 is 2.73 bits per heavy atom. The SMILES string of the molecule is CNC(C(=O)NCc1ccc(-c2csc(C)n2)o1)c1cnn(C)c1.Cl.Cl. The van der Waals surface area contributed by atoms with Crippen LogP contribution in [0.4, 0.5) is 0 Å². The lowest BCUT2D eigenvalue weighted by atomic mass is 10.1. The second-order valence-corrected chi connectivity index (χ2v) is 6.47. The van der Waals surface area contributed by atoms with Crippen molar-refractivity contribution >= 4 is 42.1 Å². The highest BCUT2D eigenvalue weighted by molar-refractivity contribution is 7.09. The molecule has 26 heavy (non-hydrogen) atoms. The van der Waals surface area contributed by atoms with E-state index in [4.69, 9.17) is 4.42 Å². The molecule has 0 spiro atoms. The number of nitrogens with zero attached hydrogens (tertiary/aromatic N) is 3. The summed E-state index contributed by atoms with van der Waals surface area (Å²) in [7, 11) is 3.56. The number of aromatic nitrogens is 3. The normalized spacial score (nSPS) is 11.3. The summed E-state index contributed by atoms with van der Waals surface area (Å²) in [4.78, 5) is 16.8. The fourth-order valence-electron chi connectivity index (χ4n) is 2.40. The number of likely N-dealkylation sites (N-methyl/N-ethyl adjacent to an activating group) is 1. The first kappa shape index (κ1) is 22.2. The molecule has 1 unspecified atom stereocenters. The molecule has 3 aromatic rings. The van der Waals surface area contributed by atoms with Crippen molar-refractivity contribution in [2.45, 2.75) is 19.5 Å². The van der Waals surface area contributed by atoms with Gasteiger partial charge in [0, 0.05) is 24.2 Å². The van der Waals surface area contributed by atoms with Crippen molar-refractivity contribution in [1.29, 1.82) is 0 Å². The van der Waals surface area contributed by atoms with E-state index >= 15 is 0 Å². The van der Waals surface area contributed by atoms with Gasteiger partial charge >= 0.3 is 0 Å². The summed E-state index contributed by atoms with van der Waals surface area (Å²) in [5, 5.41) is 12.9. The first-order chi connectivity index (χ1) is 11.6. The summed E-state index contributed by atoms with van der Waals surface area (Å²) < 4.78 is 7.42. The number of furan rings is 1. The van der Waals surface area contributed by atoms with Crippen molar-refractivity contribution in [2.24, 2.45) is 7.05 Å². The Kier molecular flexibility index (Phi) is 8.29. The van der Waals surface area contributed by atoms with Crippen LogP contribution in [0.2, 0.25) is 0 Å². The van der Waals surface area contributed by atoms with E-state index in [-0.39, 0.29) is 30.7 Å². The molecule has 7 nitrogen and oxygen atoms in total. The lowest BCUT2D eigenvalue weighted by Gasteiger charge is -2.13. The average Bonchev–Trinajstić information content (AvgIpc) is 3.27. The summed E-state index contributed by atoms with van der Waals surface area (Å²) >= 11 is 1.58. The molecule has 0 aromatic carbocycles.